The van der Waals surface area contributed by atoms with E-state index in [9.17, 15) is 9.59 Å². The van der Waals surface area contributed by atoms with Crippen molar-refractivity contribution < 1.29 is 9.59 Å². The van der Waals surface area contributed by atoms with Gasteiger partial charge in [-0.2, -0.15) is 0 Å². The Kier molecular flexibility index (Phi) is 3.74. The second-order valence-corrected chi connectivity index (χ2v) is 6.82. The maximum atomic E-state index is 12.7. The molecule has 4 unspecified atom stereocenters. The van der Waals surface area contributed by atoms with E-state index in [1.54, 1.807) is 4.90 Å². The molecule has 4 nitrogen and oxygen atoms in total. The van der Waals surface area contributed by atoms with Crippen LogP contribution < -0.4 is 5.32 Å². The molecule has 2 rings (SSSR count). The summed E-state index contributed by atoms with van der Waals surface area (Å²) < 4.78 is 0. The molecule has 0 aromatic carbocycles. The Morgan fingerprint density at radius 2 is 1.89 bits per heavy atom. The van der Waals surface area contributed by atoms with Gasteiger partial charge >= 0.3 is 0 Å². The molecule has 0 aromatic rings. The second kappa shape index (κ2) is 4.89. The van der Waals surface area contributed by atoms with Crippen molar-refractivity contribution in [1.82, 2.24) is 10.2 Å². The first kappa shape index (κ1) is 14.5. The molecule has 2 aliphatic heterocycles. The third-order valence-electron chi connectivity index (χ3n) is 5.12. The summed E-state index contributed by atoms with van der Waals surface area (Å²) in [7, 11) is 0. The first-order valence-corrected chi connectivity index (χ1v) is 7.40. The maximum Gasteiger partial charge on any atom is 0.236 e. The van der Waals surface area contributed by atoms with Crippen LogP contribution in [-0.2, 0) is 9.59 Å². The molecule has 0 spiro atoms. The normalized spacial score (nSPS) is 40.3. The maximum absolute atomic E-state index is 12.7. The summed E-state index contributed by atoms with van der Waals surface area (Å²) in [4.78, 5) is 26.6. The number of imide groups is 1. The van der Waals surface area contributed by atoms with Gasteiger partial charge < -0.3 is 5.32 Å². The summed E-state index contributed by atoms with van der Waals surface area (Å²) in [5, 5.41) is 3.46. The van der Waals surface area contributed by atoms with Gasteiger partial charge in [-0.05, 0) is 39.5 Å². The molecule has 4 heteroatoms. The van der Waals surface area contributed by atoms with E-state index in [0.29, 0.717) is 12.5 Å². The molecule has 0 saturated carbocycles. The van der Waals surface area contributed by atoms with Crippen LogP contribution in [0.3, 0.4) is 0 Å². The molecule has 2 aliphatic rings. The molecule has 4 atom stereocenters. The monoisotopic (exact) mass is 266 g/mol. The SMILES string of the molecule is CC1CCC(N2C(=O)CC(C)(C(C)C)C2=O)C(C)N1. The predicted octanol–water partition coefficient (Wildman–Crippen LogP) is 1.94. The van der Waals surface area contributed by atoms with E-state index in [4.69, 9.17) is 0 Å². The van der Waals surface area contributed by atoms with E-state index in [1.165, 1.54) is 0 Å². The van der Waals surface area contributed by atoms with E-state index in [0.717, 1.165) is 12.8 Å². The highest BCUT2D eigenvalue weighted by molar-refractivity contribution is 6.06. The van der Waals surface area contributed by atoms with E-state index >= 15 is 0 Å². The number of amides is 2. The van der Waals surface area contributed by atoms with Gasteiger partial charge in [0.05, 0.1) is 11.5 Å². The zero-order chi connectivity index (χ0) is 14.4. The quantitative estimate of drug-likeness (QED) is 0.777. The van der Waals surface area contributed by atoms with Gasteiger partial charge in [0, 0.05) is 18.5 Å². The molecule has 1 N–H and O–H groups in total. The Morgan fingerprint density at radius 3 is 2.37 bits per heavy atom. The Hall–Kier alpha value is -0.900. The fourth-order valence-corrected chi connectivity index (χ4v) is 3.32. The Morgan fingerprint density at radius 1 is 1.26 bits per heavy atom. The molecule has 2 amide bonds. The van der Waals surface area contributed by atoms with Crippen molar-refractivity contribution in [2.75, 3.05) is 0 Å². The minimum atomic E-state index is -0.514. The van der Waals surface area contributed by atoms with Crippen LogP contribution in [0.5, 0.6) is 0 Å². The predicted molar refractivity (Wildman–Crippen MR) is 74.5 cm³/mol. The highest BCUT2D eigenvalue weighted by Crippen LogP contribution is 2.41. The first-order valence-electron chi connectivity index (χ1n) is 7.40. The lowest BCUT2D eigenvalue weighted by Gasteiger charge is -2.39. The molecule has 2 saturated heterocycles. The lowest BCUT2D eigenvalue weighted by molar-refractivity contribution is -0.146. The van der Waals surface area contributed by atoms with E-state index in [2.05, 4.69) is 19.2 Å². The van der Waals surface area contributed by atoms with Crippen LogP contribution >= 0.6 is 0 Å². The van der Waals surface area contributed by atoms with Crippen LogP contribution in [0.1, 0.15) is 53.9 Å². The zero-order valence-electron chi connectivity index (χ0n) is 12.7. The lowest BCUT2D eigenvalue weighted by atomic mass is 9.77. The third kappa shape index (κ3) is 2.31. The van der Waals surface area contributed by atoms with Crippen LogP contribution in [0.25, 0.3) is 0 Å². The van der Waals surface area contributed by atoms with Crippen molar-refractivity contribution >= 4 is 11.8 Å². The minimum absolute atomic E-state index is 0.00871. The highest BCUT2D eigenvalue weighted by Gasteiger charge is 2.53. The largest absolute Gasteiger partial charge is 0.310 e. The van der Waals surface area contributed by atoms with Gasteiger partial charge in [0.1, 0.15) is 0 Å². The van der Waals surface area contributed by atoms with Crippen LogP contribution in [0.4, 0.5) is 0 Å². The summed E-state index contributed by atoms with van der Waals surface area (Å²) in [6.07, 6.45) is 2.30. The molecule has 19 heavy (non-hydrogen) atoms. The van der Waals surface area contributed by atoms with Crippen LogP contribution in [0.2, 0.25) is 0 Å². The third-order valence-corrected chi connectivity index (χ3v) is 5.12. The number of piperidine rings is 1. The van der Waals surface area contributed by atoms with Crippen molar-refractivity contribution in [2.45, 2.75) is 72.0 Å². The average Bonchev–Trinajstić information content (AvgIpc) is 2.53. The van der Waals surface area contributed by atoms with Gasteiger partial charge in [-0.15, -0.1) is 0 Å². The zero-order valence-corrected chi connectivity index (χ0v) is 12.7. The lowest BCUT2D eigenvalue weighted by Crippen LogP contribution is -2.57. The fraction of sp³-hybridized carbons (Fsp3) is 0.867. The standard InChI is InChI=1S/C15H26N2O2/c1-9(2)15(5)8-13(18)17(14(15)19)12-7-6-10(3)16-11(12)4/h9-12,16H,6-8H2,1-5H3. The number of hydrogen-bond donors (Lipinski definition) is 1. The Labute approximate surface area is 115 Å². The van der Waals surface area contributed by atoms with E-state index < -0.39 is 5.41 Å². The molecule has 2 heterocycles. The molecule has 0 aliphatic carbocycles. The first-order chi connectivity index (χ1) is 8.77. The number of rotatable bonds is 2. The van der Waals surface area contributed by atoms with Gasteiger partial charge in [0.2, 0.25) is 11.8 Å². The van der Waals surface area contributed by atoms with Crippen LogP contribution in [0.15, 0.2) is 0 Å². The van der Waals surface area contributed by atoms with E-state index in [1.807, 2.05) is 20.8 Å². The summed E-state index contributed by atoms with van der Waals surface area (Å²) in [6.45, 7) is 10.2. The molecular formula is C15H26N2O2. The van der Waals surface area contributed by atoms with Crippen LogP contribution in [-0.4, -0.2) is 34.8 Å². The number of carbonyl (C=O) groups excluding carboxylic acids is 2. The fourth-order valence-electron chi connectivity index (χ4n) is 3.32. The van der Waals surface area contributed by atoms with Crippen molar-refractivity contribution in [1.29, 1.82) is 0 Å². The Balaban J connectivity index is 2.21. The molecule has 108 valence electrons. The summed E-state index contributed by atoms with van der Waals surface area (Å²) in [5.74, 6) is 0.231. The number of hydrogen-bond acceptors (Lipinski definition) is 3. The minimum Gasteiger partial charge on any atom is -0.310 e. The summed E-state index contributed by atoms with van der Waals surface area (Å²) in [5.41, 5.74) is -0.514. The molecule has 2 fully saturated rings. The number of nitrogens with zero attached hydrogens (tertiary/aromatic N) is 1. The van der Waals surface area contributed by atoms with E-state index in [-0.39, 0.29) is 29.8 Å². The second-order valence-electron chi connectivity index (χ2n) is 6.82. The van der Waals surface area contributed by atoms with Gasteiger partial charge in [-0.3, -0.25) is 14.5 Å². The summed E-state index contributed by atoms with van der Waals surface area (Å²) in [6, 6.07) is 0.679. The molecule has 0 radical (unpaired) electrons. The van der Waals surface area contributed by atoms with Crippen molar-refractivity contribution in [2.24, 2.45) is 11.3 Å². The van der Waals surface area contributed by atoms with Crippen molar-refractivity contribution in [3.8, 4) is 0 Å². The number of nitrogens with one attached hydrogen (secondary N) is 1. The molecule has 0 aromatic heterocycles. The Bertz CT molecular complexity index is 394. The van der Waals surface area contributed by atoms with Gasteiger partial charge in [0.15, 0.2) is 0 Å². The van der Waals surface area contributed by atoms with Gasteiger partial charge in [-0.25, -0.2) is 0 Å². The number of carbonyl (C=O) groups is 2. The smallest absolute Gasteiger partial charge is 0.236 e. The summed E-state index contributed by atoms with van der Waals surface area (Å²) >= 11 is 0. The topological polar surface area (TPSA) is 49.4 Å². The molecular weight excluding hydrogens is 240 g/mol. The van der Waals surface area contributed by atoms with Crippen LogP contribution in [0, 0.1) is 11.3 Å². The van der Waals surface area contributed by atoms with Gasteiger partial charge in [-0.1, -0.05) is 13.8 Å². The number of likely N-dealkylation sites (tertiary alicyclic amines) is 1. The highest BCUT2D eigenvalue weighted by atomic mass is 16.2. The average molecular weight is 266 g/mol. The van der Waals surface area contributed by atoms with Crippen molar-refractivity contribution in [3.63, 3.8) is 0 Å². The van der Waals surface area contributed by atoms with Gasteiger partial charge in [0.25, 0.3) is 0 Å². The van der Waals surface area contributed by atoms with Crippen molar-refractivity contribution in [3.05, 3.63) is 0 Å². The molecule has 0 bridgehead atoms.